The number of rotatable bonds is 4. The lowest BCUT2D eigenvalue weighted by molar-refractivity contribution is 0.553. The first-order valence-electron chi connectivity index (χ1n) is 6.44. The second-order valence-electron chi connectivity index (χ2n) is 5.00. The van der Waals surface area contributed by atoms with Gasteiger partial charge in [0.1, 0.15) is 5.82 Å². The van der Waals surface area contributed by atoms with Crippen molar-refractivity contribution in [2.75, 3.05) is 0 Å². The van der Waals surface area contributed by atoms with Gasteiger partial charge in [-0.25, -0.2) is 4.39 Å². The average molecular weight is 312 g/mol. The highest BCUT2D eigenvalue weighted by molar-refractivity contribution is 6.35. The molecule has 0 saturated heterocycles. The first-order valence-corrected chi connectivity index (χ1v) is 7.19. The molecule has 1 nitrogen and oxygen atoms in total. The Labute approximate surface area is 128 Å². The largest absolute Gasteiger partial charge is 0.310 e. The van der Waals surface area contributed by atoms with Crippen LogP contribution in [0, 0.1) is 5.82 Å². The van der Waals surface area contributed by atoms with Gasteiger partial charge in [-0.3, -0.25) is 0 Å². The highest BCUT2D eigenvalue weighted by atomic mass is 35.5. The number of hydrogen-bond donors (Lipinski definition) is 1. The molecule has 0 aliphatic heterocycles. The number of hydrogen-bond acceptors (Lipinski definition) is 1. The summed E-state index contributed by atoms with van der Waals surface area (Å²) in [6, 6.07) is 10.7. The van der Waals surface area contributed by atoms with Gasteiger partial charge in [-0.1, -0.05) is 43.1 Å². The third-order valence-corrected chi connectivity index (χ3v) is 3.38. The molecular weight excluding hydrogens is 296 g/mol. The molecule has 0 bridgehead atoms. The van der Waals surface area contributed by atoms with E-state index in [0.29, 0.717) is 28.2 Å². The summed E-state index contributed by atoms with van der Waals surface area (Å²) in [5.41, 5.74) is 2.41. The fourth-order valence-electron chi connectivity index (χ4n) is 1.92. The highest BCUT2D eigenvalue weighted by Crippen LogP contribution is 2.28. The lowest BCUT2D eigenvalue weighted by Crippen LogP contribution is -2.22. The van der Waals surface area contributed by atoms with Gasteiger partial charge in [-0.05, 0) is 41.5 Å². The summed E-state index contributed by atoms with van der Waals surface area (Å²) < 4.78 is 13.8. The van der Waals surface area contributed by atoms with E-state index in [-0.39, 0.29) is 5.82 Å². The van der Waals surface area contributed by atoms with E-state index < -0.39 is 0 Å². The van der Waals surface area contributed by atoms with Crippen molar-refractivity contribution < 1.29 is 4.39 Å². The van der Waals surface area contributed by atoms with Crippen LogP contribution in [0.3, 0.4) is 0 Å². The normalized spacial score (nSPS) is 11.1. The van der Waals surface area contributed by atoms with E-state index in [1.807, 2.05) is 32.0 Å². The fraction of sp³-hybridized carbons (Fsp3) is 0.250. The van der Waals surface area contributed by atoms with Gasteiger partial charge in [0.05, 0.1) is 0 Å². The number of halogens is 3. The van der Waals surface area contributed by atoms with Gasteiger partial charge in [0.25, 0.3) is 0 Å². The van der Waals surface area contributed by atoms with Crippen LogP contribution in [-0.2, 0) is 6.54 Å². The molecule has 2 rings (SSSR count). The van der Waals surface area contributed by atoms with Crippen molar-refractivity contribution in [3.63, 3.8) is 0 Å². The Morgan fingerprint density at radius 3 is 2.25 bits per heavy atom. The SMILES string of the molecule is CC(C)NCc1cc(-c2cc(Cl)cc(Cl)c2)ccc1F. The predicted molar refractivity (Wildman–Crippen MR) is 83.8 cm³/mol. The molecule has 0 amide bonds. The van der Waals surface area contributed by atoms with E-state index in [4.69, 9.17) is 23.2 Å². The van der Waals surface area contributed by atoms with Crippen LogP contribution in [0.25, 0.3) is 11.1 Å². The lowest BCUT2D eigenvalue weighted by Gasteiger charge is -2.11. The van der Waals surface area contributed by atoms with Crippen molar-refractivity contribution in [3.8, 4) is 11.1 Å². The Morgan fingerprint density at radius 1 is 1.00 bits per heavy atom. The Morgan fingerprint density at radius 2 is 1.65 bits per heavy atom. The Kier molecular flexibility index (Phi) is 5.03. The van der Waals surface area contributed by atoms with Crippen LogP contribution in [0.2, 0.25) is 10.0 Å². The second kappa shape index (κ2) is 6.57. The fourth-order valence-corrected chi connectivity index (χ4v) is 2.45. The van der Waals surface area contributed by atoms with E-state index in [2.05, 4.69) is 5.32 Å². The molecule has 0 saturated carbocycles. The van der Waals surface area contributed by atoms with Crippen LogP contribution < -0.4 is 5.32 Å². The maximum Gasteiger partial charge on any atom is 0.127 e. The second-order valence-corrected chi connectivity index (χ2v) is 5.87. The van der Waals surface area contributed by atoms with Gasteiger partial charge < -0.3 is 5.32 Å². The third-order valence-electron chi connectivity index (χ3n) is 2.94. The molecule has 2 aromatic carbocycles. The topological polar surface area (TPSA) is 12.0 Å². The standard InChI is InChI=1S/C16H16Cl2FN/c1-10(2)20-9-13-5-11(3-4-16(13)19)12-6-14(17)8-15(18)7-12/h3-8,10,20H,9H2,1-2H3. The maximum atomic E-state index is 13.8. The summed E-state index contributed by atoms with van der Waals surface area (Å²) in [4.78, 5) is 0. The molecule has 0 fully saturated rings. The van der Waals surface area contributed by atoms with E-state index in [1.54, 1.807) is 12.1 Å². The Bertz CT molecular complexity index is 591. The van der Waals surface area contributed by atoms with Crippen LogP contribution in [0.1, 0.15) is 19.4 Å². The van der Waals surface area contributed by atoms with E-state index in [9.17, 15) is 4.39 Å². The highest BCUT2D eigenvalue weighted by Gasteiger charge is 2.07. The van der Waals surface area contributed by atoms with Gasteiger partial charge >= 0.3 is 0 Å². The van der Waals surface area contributed by atoms with Crippen molar-refractivity contribution in [3.05, 3.63) is 57.8 Å². The van der Waals surface area contributed by atoms with Gasteiger partial charge in [0.15, 0.2) is 0 Å². The molecule has 0 aromatic heterocycles. The Balaban J connectivity index is 2.35. The van der Waals surface area contributed by atoms with E-state index >= 15 is 0 Å². The molecule has 106 valence electrons. The summed E-state index contributed by atoms with van der Waals surface area (Å²) in [7, 11) is 0. The molecule has 0 atom stereocenters. The molecule has 0 aliphatic rings. The average Bonchev–Trinajstić information content (AvgIpc) is 2.36. The zero-order valence-corrected chi connectivity index (χ0v) is 12.9. The molecule has 0 heterocycles. The maximum absolute atomic E-state index is 13.8. The van der Waals surface area contributed by atoms with Crippen LogP contribution in [-0.4, -0.2) is 6.04 Å². The predicted octanol–water partition coefficient (Wildman–Crippen LogP) is 5.30. The number of benzene rings is 2. The van der Waals surface area contributed by atoms with Gasteiger partial charge in [-0.2, -0.15) is 0 Å². The Hall–Kier alpha value is -1.09. The van der Waals surface area contributed by atoms with E-state index in [1.165, 1.54) is 6.07 Å². The quantitative estimate of drug-likeness (QED) is 0.808. The van der Waals surface area contributed by atoms with Crippen LogP contribution in [0.5, 0.6) is 0 Å². The van der Waals surface area contributed by atoms with E-state index in [0.717, 1.165) is 11.1 Å². The molecule has 0 spiro atoms. The summed E-state index contributed by atoms with van der Waals surface area (Å²) in [5, 5.41) is 4.35. The minimum Gasteiger partial charge on any atom is -0.310 e. The molecule has 2 aromatic rings. The molecule has 20 heavy (non-hydrogen) atoms. The first kappa shape index (κ1) is 15.3. The molecule has 0 unspecified atom stereocenters. The van der Waals surface area contributed by atoms with Crippen LogP contribution in [0.4, 0.5) is 4.39 Å². The molecule has 4 heteroatoms. The zero-order valence-electron chi connectivity index (χ0n) is 11.4. The van der Waals surface area contributed by atoms with Gasteiger partial charge in [-0.15, -0.1) is 0 Å². The first-order chi connectivity index (χ1) is 9.45. The van der Waals surface area contributed by atoms with Crippen molar-refractivity contribution in [2.24, 2.45) is 0 Å². The minimum atomic E-state index is -0.213. The van der Waals surface area contributed by atoms with Crippen molar-refractivity contribution in [1.82, 2.24) is 5.32 Å². The molecule has 1 N–H and O–H groups in total. The van der Waals surface area contributed by atoms with Crippen molar-refractivity contribution in [2.45, 2.75) is 26.4 Å². The molecule has 0 radical (unpaired) electrons. The lowest BCUT2D eigenvalue weighted by atomic mass is 10.0. The third kappa shape index (κ3) is 3.95. The zero-order chi connectivity index (χ0) is 14.7. The van der Waals surface area contributed by atoms with Crippen molar-refractivity contribution in [1.29, 1.82) is 0 Å². The van der Waals surface area contributed by atoms with Gasteiger partial charge in [0, 0.05) is 28.2 Å². The van der Waals surface area contributed by atoms with Crippen LogP contribution in [0.15, 0.2) is 36.4 Å². The molecule has 0 aliphatic carbocycles. The van der Waals surface area contributed by atoms with Crippen LogP contribution >= 0.6 is 23.2 Å². The molecular formula is C16H16Cl2FN. The van der Waals surface area contributed by atoms with Gasteiger partial charge in [0.2, 0.25) is 0 Å². The van der Waals surface area contributed by atoms with Crippen molar-refractivity contribution >= 4 is 23.2 Å². The minimum absolute atomic E-state index is 0.213. The summed E-state index contributed by atoms with van der Waals surface area (Å²) in [5.74, 6) is -0.213. The summed E-state index contributed by atoms with van der Waals surface area (Å²) >= 11 is 12.0. The summed E-state index contributed by atoms with van der Waals surface area (Å²) in [6.07, 6.45) is 0. The smallest absolute Gasteiger partial charge is 0.127 e. The number of nitrogens with one attached hydrogen (secondary N) is 1. The summed E-state index contributed by atoms with van der Waals surface area (Å²) in [6.45, 7) is 4.54. The monoisotopic (exact) mass is 311 g/mol.